The first kappa shape index (κ1) is 16.1. The van der Waals surface area contributed by atoms with Gasteiger partial charge >= 0.3 is 0 Å². The molecule has 22 heavy (non-hydrogen) atoms. The van der Waals surface area contributed by atoms with Crippen LogP contribution in [0.15, 0.2) is 42.6 Å². The summed E-state index contributed by atoms with van der Waals surface area (Å²) in [7, 11) is -0.366. The lowest BCUT2D eigenvalue weighted by molar-refractivity contribution is 0.398. The monoisotopic (exact) mass is 322 g/mol. The Balaban J connectivity index is 1.98. The molecule has 1 heterocycles. The molecule has 0 radical (unpaired) electrons. The Morgan fingerprint density at radius 1 is 1.14 bits per heavy atom. The highest BCUT2D eigenvalue weighted by Gasteiger charge is 2.11. The van der Waals surface area contributed by atoms with Crippen LogP contribution in [0.2, 0.25) is 0 Å². The number of hydrogen-bond donors (Lipinski definition) is 1. The van der Waals surface area contributed by atoms with Crippen molar-refractivity contribution in [3.8, 4) is 11.6 Å². The standard InChI is InChI=1S/C15H18N2O4S/c1-20-14-5-3-4-12(10-14)8-9-22(18,19)17-13-6-7-15(21-2)16-11-13/h3-7,10-11,17H,8-9H2,1-2H3. The topological polar surface area (TPSA) is 77.5 Å². The highest BCUT2D eigenvalue weighted by Crippen LogP contribution is 2.15. The number of benzene rings is 1. The average molecular weight is 322 g/mol. The Hall–Kier alpha value is -2.28. The van der Waals surface area contributed by atoms with Crippen molar-refractivity contribution in [1.29, 1.82) is 0 Å². The first-order valence-electron chi connectivity index (χ1n) is 6.66. The predicted octanol–water partition coefficient (Wildman–Crippen LogP) is 2.08. The van der Waals surface area contributed by atoms with E-state index in [9.17, 15) is 8.42 Å². The molecule has 2 rings (SSSR count). The van der Waals surface area contributed by atoms with E-state index in [1.807, 2.05) is 24.3 Å². The summed E-state index contributed by atoms with van der Waals surface area (Å²) in [6.07, 6.45) is 1.82. The Bertz CT molecular complexity index is 715. The van der Waals surface area contributed by atoms with E-state index in [1.54, 1.807) is 19.2 Å². The van der Waals surface area contributed by atoms with Gasteiger partial charge in [-0.1, -0.05) is 12.1 Å². The number of aromatic nitrogens is 1. The molecule has 0 atom stereocenters. The fraction of sp³-hybridized carbons (Fsp3) is 0.267. The van der Waals surface area contributed by atoms with Gasteiger partial charge < -0.3 is 9.47 Å². The number of aryl methyl sites for hydroxylation is 1. The van der Waals surface area contributed by atoms with Crippen LogP contribution in [0.4, 0.5) is 5.69 Å². The van der Waals surface area contributed by atoms with Gasteiger partial charge in [0.25, 0.3) is 0 Å². The van der Waals surface area contributed by atoms with E-state index in [4.69, 9.17) is 9.47 Å². The molecular formula is C15H18N2O4S. The summed E-state index contributed by atoms with van der Waals surface area (Å²) in [5.74, 6) is 1.12. The van der Waals surface area contributed by atoms with Crippen LogP contribution in [0, 0.1) is 0 Å². The van der Waals surface area contributed by atoms with Gasteiger partial charge in [-0.25, -0.2) is 13.4 Å². The maximum atomic E-state index is 12.1. The second kappa shape index (κ2) is 7.13. The third-order valence-electron chi connectivity index (χ3n) is 3.01. The van der Waals surface area contributed by atoms with E-state index in [0.29, 0.717) is 23.7 Å². The molecule has 0 aliphatic carbocycles. The van der Waals surface area contributed by atoms with Crippen LogP contribution >= 0.6 is 0 Å². The molecule has 1 aromatic carbocycles. The summed E-state index contributed by atoms with van der Waals surface area (Å²) >= 11 is 0. The Morgan fingerprint density at radius 2 is 1.95 bits per heavy atom. The number of ether oxygens (including phenoxy) is 2. The molecule has 0 saturated heterocycles. The second-order valence-corrected chi connectivity index (χ2v) is 6.45. The van der Waals surface area contributed by atoms with Crippen molar-refractivity contribution in [1.82, 2.24) is 4.98 Å². The molecule has 118 valence electrons. The van der Waals surface area contributed by atoms with Crippen molar-refractivity contribution in [2.24, 2.45) is 0 Å². The van der Waals surface area contributed by atoms with E-state index < -0.39 is 10.0 Å². The van der Waals surface area contributed by atoms with Crippen LogP contribution < -0.4 is 14.2 Å². The van der Waals surface area contributed by atoms with E-state index >= 15 is 0 Å². The number of hydrogen-bond acceptors (Lipinski definition) is 5. The maximum absolute atomic E-state index is 12.1. The molecule has 1 N–H and O–H groups in total. The lowest BCUT2D eigenvalue weighted by Crippen LogP contribution is -2.18. The summed E-state index contributed by atoms with van der Waals surface area (Å²) in [6, 6.07) is 10.5. The minimum absolute atomic E-state index is 0.0216. The van der Waals surface area contributed by atoms with Crippen LogP contribution in [0.3, 0.4) is 0 Å². The van der Waals surface area contributed by atoms with Gasteiger partial charge in [0.15, 0.2) is 0 Å². The molecular weight excluding hydrogens is 304 g/mol. The smallest absolute Gasteiger partial charge is 0.233 e. The highest BCUT2D eigenvalue weighted by molar-refractivity contribution is 7.92. The van der Waals surface area contributed by atoms with Crippen molar-refractivity contribution in [2.75, 3.05) is 24.7 Å². The van der Waals surface area contributed by atoms with Crippen molar-refractivity contribution in [2.45, 2.75) is 6.42 Å². The zero-order valence-electron chi connectivity index (χ0n) is 12.4. The average Bonchev–Trinajstić information content (AvgIpc) is 2.54. The molecule has 0 aliphatic heterocycles. The van der Waals surface area contributed by atoms with Gasteiger partial charge in [-0.2, -0.15) is 0 Å². The van der Waals surface area contributed by atoms with Crippen LogP contribution in [0.25, 0.3) is 0 Å². The van der Waals surface area contributed by atoms with Gasteiger partial charge in [-0.05, 0) is 30.2 Å². The third kappa shape index (κ3) is 4.63. The van der Waals surface area contributed by atoms with Gasteiger partial charge in [0, 0.05) is 6.07 Å². The molecule has 0 fully saturated rings. The first-order valence-corrected chi connectivity index (χ1v) is 8.31. The van der Waals surface area contributed by atoms with Crippen LogP contribution in [-0.4, -0.2) is 33.4 Å². The van der Waals surface area contributed by atoms with Crippen molar-refractivity contribution >= 4 is 15.7 Å². The Labute approximate surface area is 130 Å². The molecule has 0 amide bonds. The second-order valence-electron chi connectivity index (χ2n) is 4.61. The molecule has 0 aliphatic rings. The number of sulfonamides is 1. The van der Waals surface area contributed by atoms with Gasteiger partial charge in [0.2, 0.25) is 15.9 Å². The lowest BCUT2D eigenvalue weighted by Gasteiger charge is -2.09. The van der Waals surface area contributed by atoms with E-state index in [0.717, 1.165) is 5.56 Å². The molecule has 7 heteroatoms. The summed E-state index contributed by atoms with van der Waals surface area (Å²) < 4.78 is 36.7. The fourth-order valence-electron chi connectivity index (χ4n) is 1.87. The molecule has 2 aromatic rings. The number of nitrogens with one attached hydrogen (secondary N) is 1. The first-order chi connectivity index (χ1) is 10.5. The number of methoxy groups -OCH3 is 2. The number of nitrogens with zero attached hydrogens (tertiary/aromatic N) is 1. The SMILES string of the molecule is COc1cccc(CCS(=O)(=O)Nc2ccc(OC)nc2)c1. The van der Waals surface area contributed by atoms with Gasteiger partial charge in [-0.15, -0.1) is 0 Å². The Kier molecular flexibility index (Phi) is 5.21. The minimum atomic E-state index is -3.44. The van der Waals surface area contributed by atoms with E-state index in [2.05, 4.69) is 9.71 Å². The van der Waals surface area contributed by atoms with E-state index in [-0.39, 0.29) is 5.75 Å². The van der Waals surface area contributed by atoms with Crippen LogP contribution in [0.1, 0.15) is 5.56 Å². The van der Waals surface area contributed by atoms with Gasteiger partial charge in [-0.3, -0.25) is 4.72 Å². The molecule has 0 spiro atoms. The van der Waals surface area contributed by atoms with Gasteiger partial charge in [0.1, 0.15) is 5.75 Å². The highest BCUT2D eigenvalue weighted by atomic mass is 32.2. The Morgan fingerprint density at radius 3 is 2.59 bits per heavy atom. The summed E-state index contributed by atoms with van der Waals surface area (Å²) in [5.41, 5.74) is 1.31. The molecule has 0 saturated carbocycles. The van der Waals surface area contributed by atoms with Crippen molar-refractivity contribution in [3.63, 3.8) is 0 Å². The van der Waals surface area contributed by atoms with Crippen LogP contribution in [-0.2, 0) is 16.4 Å². The summed E-state index contributed by atoms with van der Waals surface area (Å²) in [6.45, 7) is 0. The van der Waals surface area contributed by atoms with Crippen molar-refractivity contribution < 1.29 is 17.9 Å². The van der Waals surface area contributed by atoms with Crippen LogP contribution in [0.5, 0.6) is 11.6 Å². The molecule has 0 bridgehead atoms. The van der Waals surface area contributed by atoms with Crippen molar-refractivity contribution in [3.05, 3.63) is 48.2 Å². The zero-order chi connectivity index (χ0) is 16.0. The maximum Gasteiger partial charge on any atom is 0.233 e. The molecule has 0 unspecified atom stereocenters. The summed E-state index contributed by atoms with van der Waals surface area (Å²) in [5, 5.41) is 0. The number of rotatable bonds is 7. The quantitative estimate of drug-likeness (QED) is 0.844. The lowest BCUT2D eigenvalue weighted by atomic mass is 10.2. The van der Waals surface area contributed by atoms with E-state index in [1.165, 1.54) is 13.3 Å². The zero-order valence-corrected chi connectivity index (χ0v) is 13.3. The fourth-order valence-corrected chi connectivity index (χ4v) is 2.96. The molecule has 6 nitrogen and oxygen atoms in total. The third-order valence-corrected chi connectivity index (χ3v) is 4.30. The normalized spacial score (nSPS) is 11.0. The predicted molar refractivity (Wildman–Crippen MR) is 84.9 cm³/mol. The number of pyridine rings is 1. The summed E-state index contributed by atoms with van der Waals surface area (Å²) in [4.78, 5) is 3.96. The molecule has 1 aromatic heterocycles. The number of anilines is 1. The minimum Gasteiger partial charge on any atom is -0.497 e. The largest absolute Gasteiger partial charge is 0.497 e. The van der Waals surface area contributed by atoms with Gasteiger partial charge in [0.05, 0.1) is 31.9 Å².